The molecule has 0 saturated carbocycles. The van der Waals surface area contributed by atoms with Crippen molar-refractivity contribution in [1.82, 2.24) is 4.98 Å². The first-order valence-electron chi connectivity index (χ1n) is 5.20. The number of hydrogen-bond acceptors (Lipinski definition) is 4. The van der Waals surface area contributed by atoms with Gasteiger partial charge in [0, 0.05) is 0 Å². The molecule has 0 spiro atoms. The van der Waals surface area contributed by atoms with E-state index in [1.54, 1.807) is 12.1 Å². The van der Waals surface area contributed by atoms with Crippen LogP contribution in [0.15, 0.2) is 12.1 Å². The second-order valence-corrected chi connectivity index (χ2v) is 4.04. The molecule has 0 radical (unpaired) electrons. The SMILES string of the molecule is CC(C)OCCOCc1nc(N)ccc1Cl. The Balaban J connectivity index is 2.29. The third-order valence-electron chi connectivity index (χ3n) is 1.86. The number of rotatable bonds is 6. The molecule has 0 saturated heterocycles. The molecule has 1 aromatic heterocycles. The van der Waals surface area contributed by atoms with Crippen molar-refractivity contribution >= 4 is 17.4 Å². The van der Waals surface area contributed by atoms with Crippen molar-refractivity contribution < 1.29 is 9.47 Å². The number of hydrogen-bond donors (Lipinski definition) is 1. The van der Waals surface area contributed by atoms with Crippen LogP contribution in [0.1, 0.15) is 19.5 Å². The Hall–Kier alpha value is -0.840. The van der Waals surface area contributed by atoms with E-state index in [9.17, 15) is 0 Å². The highest BCUT2D eigenvalue weighted by Gasteiger charge is 2.02. The maximum absolute atomic E-state index is 5.93. The summed E-state index contributed by atoms with van der Waals surface area (Å²) in [4.78, 5) is 4.09. The second-order valence-electron chi connectivity index (χ2n) is 3.64. The van der Waals surface area contributed by atoms with Crippen molar-refractivity contribution in [1.29, 1.82) is 0 Å². The standard InChI is InChI=1S/C11H17ClN2O2/c1-8(2)16-6-5-15-7-10-9(12)3-4-11(13)14-10/h3-4,8H,5-7H2,1-2H3,(H2,13,14). The maximum atomic E-state index is 5.93. The highest BCUT2D eigenvalue weighted by Crippen LogP contribution is 2.15. The van der Waals surface area contributed by atoms with Crippen LogP contribution in [0.5, 0.6) is 0 Å². The molecule has 0 aromatic carbocycles. The van der Waals surface area contributed by atoms with Gasteiger partial charge in [0.1, 0.15) is 5.82 Å². The minimum Gasteiger partial charge on any atom is -0.384 e. The summed E-state index contributed by atoms with van der Waals surface area (Å²) >= 11 is 5.93. The Labute approximate surface area is 101 Å². The fourth-order valence-electron chi connectivity index (χ4n) is 1.11. The summed E-state index contributed by atoms with van der Waals surface area (Å²) in [5.74, 6) is 0.446. The fourth-order valence-corrected chi connectivity index (χ4v) is 1.27. The molecule has 1 heterocycles. The number of pyridine rings is 1. The van der Waals surface area contributed by atoms with Gasteiger partial charge in [-0.05, 0) is 26.0 Å². The Morgan fingerprint density at radius 1 is 1.38 bits per heavy atom. The molecule has 5 heteroatoms. The second kappa shape index (κ2) is 6.68. The largest absolute Gasteiger partial charge is 0.384 e. The summed E-state index contributed by atoms with van der Waals surface area (Å²) in [6.07, 6.45) is 0.220. The number of aromatic nitrogens is 1. The number of ether oxygens (including phenoxy) is 2. The van der Waals surface area contributed by atoms with Gasteiger partial charge in [-0.25, -0.2) is 4.98 Å². The molecule has 1 rings (SSSR count). The zero-order chi connectivity index (χ0) is 12.0. The zero-order valence-electron chi connectivity index (χ0n) is 9.57. The van der Waals surface area contributed by atoms with Gasteiger partial charge in [0.2, 0.25) is 0 Å². The average molecular weight is 245 g/mol. The van der Waals surface area contributed by atoms with Gasteiger partial charge in [0.15, 0.2) is 0 Å². The van der Waals surface area contributed by atoms with Crippen LogP contribution in [0, 0.1) is 0 Å². The molecule has 2 N–H and O–H groups in total. The molecule has 0 bridgehead atoms. The summed E-state index contributed by atoms with van der Waals surface area (Å²) in [5.41, 5.74) is 6.21. The van der Waals surface area contributed by atoms with E-state index in [-0.39, 0.29) is 6.10 Å². The molecular formula is C11H17ClN2O2. The lowest BCUT2D eigenvalue weighted by Crippen LogP contribution is -2.10. The summed E-state index contributed by atoms with van der Waals surface area (Å²) < 4.78 is 10.7. The number of halogens is 1. The summed E-state index contributed by atoms with van der Waals surface area (Å²) in [6, 6.07) is 3.38. The fraction of sp³-hybridized carbons (Fsp3) is 0.545. The number of nitrogen functional groups attached to an aromatic ring is 1. The van der Waals surface area contributed by atoms with Crippen LogP contribution in [-0.2, 0) is 16.1 Å². The van der Waals surface area contributed by atoms with Crippen molar-refractivity contribution in [3.8, 4) is 0 Å². The Morgan fingerprint density at radius 2 is 2.12 bits per heavy atom. The van der Waals surface area contributed by atoms with Gasteiger partial charge < -0.3 is 15.2 Å². The Bertz CT molecular complexity index is 332. The molecular weight excluding hydrogens is 228 g/mol. The predicted octanol–water partition coefficient (Wildman–Crippen LogP) is 2.26. The van der Waals surface area contributed by atoms with Crippen molar-refractivity contribution in [2.75, 3.05) is 18.9 Å². The molecule has 0 atom stereocenters. The minimum atomic E-state index is 0.220. The van der Waals surface area contributed by atoms with Gasteiger partial charge in [0.25, 0.3) is 0 Å². The first-order chi connectivity index (χ1) is 7.59. The van der Waals surface area contributed by atoms with E-state index >= 15 is 0 Å². The van der Waals surface area contributed by atoms with E-state index in [2.05, 4.69) is 4.98 Å². The quantitative estimate of drug-likeness (QED) is 0.780. The third-order valence-corrected chi connectivity index (χ3v) is 2.20. The van der Waals surface area contributed by atoms with Crippen LogP contribution in [0.3, 0.4) is 0 Å². The van der Waals surface area contributed by atoms with Crippen LogP contribution >= 0.6 is 11.6 Å². The molecule has 0 aliphatic heterocycles. The zero-order valence-corrected chi connectivity index (χ0v) is 10.3. The topological polar surface area (TPSA) is 57.4 Å². The van der Waals surface area contributed by atoms with E-state index in [0.29, 0.717) is 36.4 Å². The van der Waals surface area contributed by atoms with E-state index in [0.717, 1.165) is 0 Å². The molecule has 90 valence electrons. The molecule has 1 aromatic rings. The summed E-state index contributed by atoms with van der Waals surface area (Å²) in [5, 5.41) is 0.568. The Kier molecular flexibility index (Phi) is 5.52. The average Bonchev–Trinajstić information content (AvgIpc) is 2.22. The van der Waals surface area contributed by atoms with Gasteiger partial charge >= 0.3 is 0 Å². The molecule has 0 amide bonds. The maximum Gasteiger partial charge on any atom is 0.123 e. The lowest BCUT2D eigenvalue weighted by molar-refractivity contribution is 0.0136. The lowest BCUT2D eigenvalue weighted by atomic mass is 10.3. The first-order valence-corrected chi connectivity index (χ1v) is 5.57. The minimum absolute atomic E-state index is 0.220. The van der Waals surface area contributed by atoms with Crippen LogP contribution in [0.4, 0.5) is 5.82 Å². The molecule has 0 aliphatic carbocycles. The van der Waals surface area contributed by atoms with Crippen molar-refractivity contribution in [2.45, 2.75) is 26.6 Å². The van der Waals surface area contributed by atoms with Gasteiger partial charge in [-0.2, -0.15) is 0 Å². The van der Waals surface area contributed by atoms with Crippen molar-refractivity contribution in [3.05, 3.63) is 22.8 Å². The van der Waals surface area contributed by atoms with E-state index < -0.39 is 0 Å². The van der Waals surface area contributed by atoms with Crippen LogP contribution in [-0.4, -0.2) is 24.3 Å². The van der Waals surface area contributed by atoms with Gasteiger partial charge in [0.05, 0.1) is 36.6 Å². The molecule has 0 aliphatic rings. The normalized spacial score (nSPS) is 11.0. The Morgan fingerprint density at radius 3 is 2.81 bits per heavy atom. The highest BCUT2D eigenvalue weighted by atomic mass is 35.5. The number of nitrogens with zero attached hydrogens (tertiary/aromatic N) is 1. The first kappa shape index (κ1) is 13.2. The predicted molar refractivity (Wildman–Crippen MR) is 64.4 cm³/mol. The van der Waals surface area contributed by atoms with Crippen molar-refractivity contribution in [2.24, 2.45) is 0 Å². The lowest BCUT2D eigenvalue weighted by Gasteiger charge is -2.08. The molecule has 16 heavy (non-hydrogen) atoms. The monoisotopic (exact) mass is 244 g/mol. The third kappa shape index (κ3) is 4.79. The van der Waals surface area contributed by atoms with Gasteiger partial charge in [-0.15, -0.1) is 0 Å². The molecule has 0 fully saturated rings. The van der Waals surface area contributed by atoms with E-state index in [1.807, 2.05) is 13.8 Å². The van der Waals surface area contributed by atoms with Gasteiger partial charge in [-0.3, -0.25) is 0 Å². The van der Waals surface area contributed by atoms with E-state index in [4.69, 9.17) is 26.8 Å². The molecule has 4 nitrogen and oxygen atoms in total. The van der Waals surface area contributed by atoms with Crippen molar-refractivity contribution in [3.63, 3.8) is 0 Å². The highest BCUT2D eigenvalue weighted by molar-refractivity contribution is 6.31. The number of nitrogens with two attached hydrogens (primary N) is 1. The summed E-state index contributed by atoms with van der Waals surface area (Å²) in [7, 11) is 0. The van der Waals surface area contributed by atoms with Crippen LogP contribution in [0.25, 0.3) is 0 Å². The summed E-state index contributed by atoms with van der Waals surface area (Å²) in [6.45, 7) is 5.40. The van der Waals surface area contributed by atoms with E-state index in [1.165, 1.54) is 0 Å². The number of anilines is 1. The smallest absolute Gasteiger partial charge is 0.123 e. The van der Waals surface area contributed by atoms with Crippen LogP contribution < -0.4 is 5.73 Å². The van der Waals surface area contributed by atoms with Crippen LogP contribution in [0.2, 0.25) is 5.02 Å². The van der Waals surface area contributed by atoms with Gasteiger partial charge in [-0.1, -0.05) is 11.6 Å². The molecule has 0 unspecified atom stereocenters.